The van der Waals surface area contributed by atoms with Crippen LogP contribution in [0.3, 0.4) is 0 Å². The number of hydrogen-bond donors (Lipinski definition) is 0. The van der Waals surface area contributed by atoms with Gasteiger partial charge in [0.2, 0.25) is 0 Å². The number of hydrogen-bond acceptors (Lipinski definition) is 4. The lowest BCUT2D eigenvalue weighted by molar-refractivity contribution is -0.139. The minimum Gasteiger partial charge on any atom is -0.493 e. The van der Waals surface area contributed by atoms with E-state index in [1.165, 1.54) is 23.4 Å². The number of halogens is 3. The fourth-order valence-corrected chi connectivity index (χ4v) is 4.86. The van der Waals surface area contributed by atoms with E-state index in [0.717, 1.165) is 11.6 Å². The summed E-state index contributed by atoms with van der Waals surface area (Å²) in [5.41, 5.74) is 1.01. The number of benzene rings is 2. The summed E-state index contributed by atoms with van der Waals surface area (Å²) in [5, 5.41) is 0.299. The molecule has 196 valence electrons. The highest BCUT2D eigenvalue weighted by Gasteiger charge is 2.49. The topological polar surface area (TPSA) is 50.0 Å². The molecule has 6 nitrogen and oxygen atoms in total. The maximum Gasteiger partial charge on any atom is 0.419 e. The molecule has 0 saturated carbocycles. The van der Waals surface area contributed by atoms with Crippen molar-refractivity contribution in [2.45, 2.75) is 38.9 Å². The summed E-state index contributed by atoms with van der Waals surface area (Å²) in [6.45, 7) is 12.8. The molecule has 2 heterocycles. The number of ether oxygens (including phenoxy) is 1. The molecular formula is C28H25F3N4O2S. The van der Waals surface area contributed by atoms with E-state index >= 15 is 0 Å². The van der Waals surface area contributed by atoms with Crippen molar-refractivity contribution < 1.29 is 22.7 Å². The molecule has 0 aliphatic carbocycles. The van der Waals surface area contributed by atoms with Gasteiger partial charge in [-0.25, -0.2) is 4.85 Å². The summed E-state index contributed by atoms with van der Waals surface area (Å²) >= 11 is 5.62. The van der Waals surface area contributed by atoms with Crippen molar-refractivity contribution in [1.29, 1.82) is 0 Å². The highest BCUT2D eigenvalue weighted by molar-refractivity contribution is 7.80. The van der Waals surface area contributed by atoms with Gasteiger partial charge in [-0.2, -0.15) is 13.2 Å². The highest BCUT2D eigenvalue weighted by atomic mass is 32.1. The molecule has 0 N–H and O–H groups in total. The Bertz CT molecular complexity index is 1420. The van der Waals surface area contributed by atoms with Gasteiger partial charge in [0.15, 0.2) is 10.8 Å². The van der Waals surface area contributed by atoms with E-state index in [-0.39, 0.29) is 18.3 Å². The molecule has 0 bridgehead atoms. The van der Waals surface area contributed by atoms with Crippen LogP contribution in [0.1, 0.15) is 31.4 Å². The number of carbonyl (C=O) groups is 1. The highest BCUT2D eigenvalue weighted by Crippen LogP contribution is 2.39. The van der Waals surface area contributed by atoms with E-state index in [2.05, 4.69) is 9.83 Å². The molecule has 0 unspecified atom stereocenters. The van der Waals surface area contributed by atoms with Crippen molar-refractivity contribution in [3.05, 3.63) is 83.5 Å². The summed E-state index contributed by atoms with van der Waals surface area (Å²) in [6.07, 6.45) is -1.21. The number of pyridine rings is 1. The van der Waals surface area contributed by atoms with Crippen LogP contribution >= 0.6 is 12.2 Å². The standard InChI is InChI=1S/C28H25F3N4O2S/c1-18-16-21(7-8-23(18)32-4)35-25(36)27(2,3)34(26(35)38)14-5-15-37-24-9-6-20(17-22(24)28(29,30)31)19-10-12-33-13-11-19/h6-13,16-17H,5,14-15H2,1-3H3. The number of anilines is 1. The molecule has 1 aliphatic rings. The van der Waals surface area contributed by atoms with Gasteiger partial charge in [-0.15, -0.1) is 0 Å². The Labute approximate surface area is 224 Å². The Balaban J connectivity index is 1.46. The second kappa shape index (κ2) is 10.4. The lowest BCUT2D eigenvalue weighted by atomic mass is 10.0. The van der Waals surface area contributed by atoms with Crippen LogP contribution in [0.4, 0.5) is 24.5 Å². The fraction of sp³-hybridized carbons (Fsp3) is 0.286. The minimum atomic E-state index is -4.59. The zero-order valence-corrected chi connectivity index (χ0v) is 21.9. The number of aryl methyl sites for hydroxylation is 1. The number of rotatable bonds is 7. The molecule has 10 heteroatoms. The van der Waals surface area contributed by atoms with Gasteiger partial charge in [0, 0.05) is 24.6 Å². The molecule has 38 heavy (non-hydrogen) atoms. The van der Waals surface area contributed by atoms with Crippen molar-refractivity contribution in [3.8, 4) is 16.9 Å². The van der Waals surface area contributed by atoms with Gasteiger partial charge in [-0.05, 0) is 92.5 Å². The molecule has 1 aliphatic heterocycles. The predicted molar refractivity (Wildman–Crippen MR) is 143 cm³/mol. The molecule has 3 aromatic rings. The number of carbonyl (C=O) groups excluding carboxylic acids is 1. The third-order valence-corrected chi connectivity index (χ3v) is 6.87. The molecule has 1 fully saturated rings. The van der Waals surface area contributed by atoms with Gasteiger partial charge in [-0.1, -0.05) is 12.1 Å². The monoisotopic (exact) mass is 538 g/mol. The van der Waals surface area contributed by atoms with Crippen molar-refractivity contribution in [2.24, 2.45) is 0 Å². The van der Waals surface area contributed by atoms with Gasteiger partial charge < -0.3 is 9.64 Å². The Morgan fingerprint density at radius 1 is 1.08 bits per heavy atom. The maximum absolute atomic E-state index is 13.8. The molecule has 4 rings (SSSR count). The van der Waals surface area contributed by atoms with Crippen LogP contribution in [0.5, 0.6) is 5.75 Å². The molecule has 1 saturated heterocycles. The Morgan fingerprint density at radius 2 is 1.79 bits per heavy atom. The molecule has 1 aromatic heterocycles. The van der Waals surface area contributed by atoms with Crippen LogP contribution in [0.2, 0.25) is 0 Å². The smallest absolute Gasteiger partial charge is 0.419 e. The van der Waals surface area contributed by atoms with Crippen molar-refractivity contribution in [1.82, 2.24) is 9.88 Å². The molecule has 0 radical (unpaired) electrons. The second-order valence-electron chi connectivity index (χ2n) is 9.36. The van der Waals surface area contributed by atoms with E-state index in [1.54, 1.807) is 62.1 Å². The van der Waals surface area contributed by atoms with Gasteiger partial charge >= 0.3 is 6.18 Å². The zero-order chi connectivity index (χ0) is 27.7. The lowest BCUT2D eigenvalue weighted by Crippen LogP contribution is -2.44. The largest absolute Gasteiger partial charge is 0.493 e. The van der Waals surface area contributed by atoms with Gasteiger partial charge in [-0.3, -0.25) is 14.7 Å². The summed E-state index contributed by atoms with van der Waals surface area (Å²) in [5.74, 6) is -0.476. The quantitative estimate of drug-likeness (QED) is 0.188. The van der Waals surface area contributed by atoms with E-state index in [4.69, 9.17) is 23.5 Å². The summed E-state index contributed by atoms with van der Waals surface area (Å²) < 4.78 is 47.0. The summed E-state index contributed by atoms with van der Waals surface area (Å²) in [6, 6.07) is 12.3. The molecule has 0 atom stereocenters. The normalized spacial score (nSPS) is 15.1. The van der Waals surface area contributed by atoms with E-state index in [9.17, 15) is 18.0 Å². The number of nitrogens with zero attached hydrogens (tertiary/aromatic N) is 4. The zero-order valence-electron chi connectivity index (χ0n) is 21.0. The maximum atomic E-state index is 13.8. The third kappa shape index (κ3) is 5.20. The summed E-state index contributed by atoms with van der Waals surface area (Å²) in [7, 11) is 0. The Morgan fingerprint density at radius 3 is 2.42 bits per heavy atom. The first-order chi connectivity index (χ1) is 17.9. The van der Waals surface area contributed by atoms with Gasteiger partial charge in [0.25, 0.3) is 5.91 Å². The van der Waals surface area contributed by atoms with Crippen LogP contribution in [0.15, 0.2) is 60.9 Å². The fourth-order valence-electron chi connectivity index (χ4n) is 4.35. The van der Waals surface area contributed by atoms with E-state index < -0.39 is 17.3 Å². The minimum absolute atomic E-state index is 0.000122. The Hall–Kier alpha value is -3.97. The van der Waals surface area contributed by atoms with Crippen molar-refractivity contribution in [2.75, 3.05) is 18.1 Å². The van der Waals surface area contributed by atoms with Gasteiger partial charge in [0.05, 0.1) is 18.7 Å². The first kappa shape index (κ1) is 27.1. The average molecular weight is 539 g/mol. The number of aromatic nitrogens is 1. The molecule has 1 amide bonds. The molecule has 2 aromatic carbocycles. The molecular weight excluding hydrogens is 513 g/mol. The van der Waals surface area contributed by atoms with Crippen molar-refractivity contribution in [3.63, 3.8) is 0 Å². The Kier molecular flexibility index (Phi) is 7.42. The number of thiocarbonyl (C=S) groups is 1. The first-order valence-corrected chi connectivity index (χ1v) is 12.2. The van der Waals surface area contributed by atoms with Crippen LogP contribution < -0.4 is 9.64 Å². The lowest BCUT2D eigenvalue weighted by Gasteiger charge is -2.29. The van der Waals surface area contributed by atoms with Crippen molar-refractivity contribution >= 4 is 34.6 Å². The number of alkyl halides is 3. The SMILES string of the molecule is [C-]#[N+]c1ccc(N2C(=O)C(C)(C)N(CCCOc3ccc(-c4ccncc4)cc3C(F)(F)F)C2=S)cc1C. The van der Waals surface area contributed by atoms with Gasteiger partial charge in [0.1, 0.15) is 11.3 Å². The average Bonchev–Trinajstić information content (AvgIpc) is 3.05. The van der Waals surface area contributed by atoms with Crippen LogP contribution in [-0.2, 0) is 11.0 Å². The predicted octanol–water partition coefficient (Wildman–Crippen LogP) is 6.81. The number of amides is 1. The van der Waals surface area contributed by atoms with Crippen LogP contribution in [0, 0.1) is 13.5 Å². The summed E-state index contributed by atoms with van der Waals surface area (Å²) in [4.78, 5) is 23.8. The van der Waals surface area contributed by atoms with E-state index in [1.807, 2.05) is 0 Å². The third-order valence-electron chi connectivity index (χ3n) is 6.46. The second-order valence-corrected chi connectivity index (χ2v) is 9.73. The molecule has 0 spiro atoms. The van der Waals surface area contributed by atoms with E-state index in [0.29, 0.717) is 40.6 Å². The first-order valence-electron chi connectivity index (χ1n) is 11.8. The van der Waals surface area contributed by atoms with Crippen LogP contribution in [0.25, 0.3) is 16.0 Å². The van der Waals surface area contributed by atoms with Crippen LogP contribution in [-0.4, -0.2) is 39.6 Å².